The number of ether oxygens (including phenoxy) is 1. The Hall–Kier alpha value is -2.70. The molecule has 3 aromatic rings. The Bertz CT molecular complexity index is 952. The number of carbonyl (C=O) groups excluding carboxylic acids is 1. The van der Waals surface area contributed by atoms with E-state index in [1.807, 2.05) is 36.4 Å². The highest BCUT2D eigenvalue weighted by atomic mass is 32.1. The van der Waals surface area contributed by atoms with Crippen LogP contribution in [-0.2, 0) is 11.3 Å². The number of hydrogen-bond acceptors (Lipinski definition) is 4. The number of benzene rings is 2. The average Bonchev–Trinajstić information content (AvgIpc) is 3.20. The quantitative estimate of drug-likeness (QED) is 0.698. The molecule has 1 N–H and O–H groups in total. The largest absolute Gasteiger partial charge is 0.378 e. The van der Waals surface area contributed by atoms with Crippen molar-refractivity contribution in [2.24, 2.45) is 0 Å². The van der Waals surface area contributed by atoms with Gasteiger partial charge in [-0.15, -0.1) is 11.3 Å². The van der Waals surface area contributed by atoms with Gasteiger partial charge in [-0.25, -0.2) is 4.39 Å². The molecular formula is C22H21FN2O2S. The van der Waals surface area contributed by atoms with Gasteiger partial charge < -0.3 is 15.0 Å². The van der Waals surface area contributed by atoms with Crippen LogP contribution in [0.4, 0.5) is 9.39 Å². The van der Waals surface area contributed by atoms with Crippen LogP contribution in [0, 0.1) is 5.82 Å². The number of hydrogen-bond donors (Lipinski definition) is 1. The number of nitrogens with one attached hydrogen (secondary N) is 1. The minimum atomic E-state index is -0.312. The predicted molar refractivity (Wildman–Crippen MR) is 110 cm³/mol. The summed E-state index contributed by atoms with van der Waals surface area (Å²) in [4.78, 5) is 15.6. The smallest absolute Gasteiger partial charge is 0.261 e. The van der Waals surface area contributed by atoms with E-state index in [9.17, 15) is 9.18 Å². The van der Waals surface area contributed by atoms with E-state index in [2.05, 4.69) is 10.2 Å². The number of amides is 1. The summed E-state index contributed by atoms with van der Waals surface area (Å²) in [5.41, 5.74) is 2.60. The van der Waals surface area contributed by atoms with Gasteiger partial charge in [-0.05, 0) is 17.7 Å². The second kappa shape index (κ2) is 8.54. The Morgan fingerprint density at radius 1 is 1.07 bits per heavy atom. The lowest BCUT2D eigenvalue weighted by Gasteiger charge is -2.28. The first-order chi connectivity index (χ1) is 13.7. The fourth-order valence-electron chi connectivity index (χ4n) is 3.22. The van der Waals surface area contributed by atoms with E-state index in [0.717, 1.165) is 29.2 Å². The molecule has 1 fully saturated rings. The van der Waals surface area contributed by atoms with Gasteiger partial charge in [0.1, 0.15) is 5.82 Å². The van der Waals surface area contributed by atoms with Crippen molar-refractivity contribution in [1.82, 2.24) is 5.32 Å². The van der Waals surface area contributed by atoms with Gasteiger partial charge in [0.05, 0.1) is 23.1 Å². The van der Waals surface area contributed by atoms with Crippen LogP contribution >= 0.6 is 11.3 Å². The first kappa shape index (κ1) is 18.7. The summed E-state index contributed by atoms with van der Waals surface area (Å²) in [5, 5.41) is 3.91. The first-order valence-electron chi connectivity index (χ1n) is 9.26. The third-order valence-electron chi connectivity index (χ3n) is 4.72. The highest BCUT2D eigenvalue weighted by molar-refractivity contribution is 7.18. The molecule has 1 amide bonds. The van der Waals surface area contributed by atoms with Gasteiger partial charge in [0.2, 0.25) is 0 Å². The standard InChI is InChI=1S/C22H21FN2O2S/c23-19-9-5-4-8-17(19)15-24-21(26)20-14-18(16-6-2-1-3-7-16)22(28-20)25-10-12-27-13-11-25/h1-9,14H,10-13,15H2,(H,24,26). The van der Waals surface area contributed by atoms with Gasteiger partial charge >= 0.3 is 0 Å². The molecule has 6 heteroatoms. The van der Waals surface area contributed by atoms with Crippen LogP contribution < -0.4 is 10.2 Å². The summed E-state index contributed by atoms with van der Waals surface area (Å²) in [6, 6.07) is 18.5. The van der Waals surface area contributed by atoms with Gasteiger partial charge in [0.15, 0.2) is 0 Å². The third kappa shape index (κ3) is 4.08. The van der Waals surface area contributed by atoms with E-state index in [-0.39, 0.29) is 18.3 Å². The third-order valence-corrected chi connectivity index (χ3v) is 5.91. The van der Waals surface area contributed by atoms with Crippen molar-refractivity contribution in [2.75, 3.05) is 31.2 Å². The zero-order valence-electron chi connectivity index (χ0n) is 15.4. The zero-order chi connectivity index (χ0) is 19.3. The minimum absolute atomic E-state index is 0.164. The van der Waals surface area contributed by atoms with E-state index in [1.54, 1.807) is 18.2 Å². The predicted octanol–water partition coefficient (Wildman–Crippen LogP) is 4.32. The van der Waals surface area contributed by atoms with E-state index >= 15 is 0 Å². The molecule has 0 unspecified atom stereocenters. The molecule has 144 valence electrons. The molecule has 0 radical (unpaired) electrons. The molecule has 0 bridgehead atoms. The number of rotatable bonds is 5. The first-order valence-corrected chi connectivity index (χ1v) is 10.1. The molecule has 1 aliphatic heterocycles. The molecule has 4 rings (SSSR count). The zero-order valence-corrected chi connectivity index (χ0v) is 16.2. The van der Waals surface area contributed by atoms with Gasteiger partial charge in [0.25, 0.3) is 5.91 Å². The van der Waals surface area contributed by atoms with E-state index in [4.69, 9.17) is 4.74 Å². The number of thiophene rings is 1. The van der Waals surface area contributed by atoms with Crippen LogP contribution in [0.15, 0.2) is 60.7 Å². The highest BCUT2D eigenvalue weighted by Crippen LogP contribution is 2.39. The Morgan fingerprint density at radius 2 is 1.79 bits per heavy atom. The van der Waals surface area contributed by atoms with Crippen LogP contribution in [0.1, 0.15) is 15.2 Å². The van der Waals surface area contributed by atoms with Crippen LogP contribution in [0.3, 0.4) is 0 Å². The fourth-order valence-corrected chi connectivity index (χ4v) is 4.37. The topological polar surface area (TPSA) is 41.6 Å². The Labute approximate surface area is 167 Å². The number of morpholine rings is 1. The van der Waals surface area contributed by atoms with Crippen LogP contribution in [-0.4, -0.2) is 32.2 Å². The Balaban J connectivity index is 1.59. The number of carbonyl (C=O) groups is 1. The normalized spacial score (nSPS) is 14.1. The van der Waals surface area contributed by atoms with Crippen molar-refractivity contribution >= 4 is 22.2 Å². The number of halogens is 1. The summed E-state index contributed by atoms with van der Waals surface area (Å²) in [7, 11) is 0. The molecule has 0 spiro atoms. The summed E-state index contributed by atoms with van der Waals surface area (Å²) in [5.74, 6) is -0.502. The molecule has 28 heavy (non-hydrogen) atoms. The Morgan fingerprint density at radius 3 is 2.54 bits per heavy atom. The van der Waals surface area contributed by atoms with Gasteiger partial charge in [-0.2, -0.15) is 0 Å². The van der Waals surface area contributed by atoms with Crippen molar-refractivity contribution in [3.05, 3.63) is 76.9 Å². The molecule has 4 nitrogen and oxygen atoms in total. The molecule has 2 aromatic carbocycles. The van der Waals surface area contributed by atoms with Gasteiger partial charge in [-0.1, -0.05) is 48.5 Å². The second-order valence-electron chi connectivity index (χ2n) is 6.57. The molecule has 1 aliphatic rings. The van der Waals surface area contributed by atoms with E-state index in [1.165, 1.54) is 17.4 Å². The maximum absolute atomic E-state index is 13.8. The van der Waals surface area contributed by atoms with Crippen LogP contribution in [0.25, 0.3) is 11.1 Å². The monoisotopic (exact) mass is 396 g/mol. The van der Waals surface area contributed by atoms with Crippen LogP contribution in [0.5, 0.6) is 0 Å². The van der Waals surface area contributed by atoms with Crippen LogP contribution in [0.2, 0.25) is 0 Å². The van der Waals surface area contributed by atoms with Gasteiger partial charge in [0, 0.05) is 30.8 Å². The summed E-state index contributed by atoms with van der Waals surface area (Å²) >= 11 is 1.47. The second-order valence-corrected chi connectivity index (χ2v) is 7.60. The maximum Gasteiger partial charge on any atom is 0.261 e. The lowest BCUT2D eigenvalue weighted by Crippen LogP contribution is -2.35. The molecule has 2 heterocycles. The summed E-state index contributed by atoms with van der Waals surface area (Å²) in [6.45, 7) is 3.13. The van der Waals surface area contributed by atoms with Gasteiger partial charge in [-0.3, -0.25) is 4.79 Å². The highest BCUT2D eigenvalue weighted by Gasteiger charge is 2.22. The lowest BCUT2D eigenvalue weighted by atomic mass is 10.1. The SMILES string of the molecule is O=C(NCc1ccccc1F)c1cc(-c2ccccc2)c(N2CCOCC2)s1. The summed E-state index contributed by atoms with van der Waals surface area (Å²) < 4.78 is 19.3. The van der Waals surface area contributed by atoms with Crippen molar-refractivity contribution in [3.8, 4) is 11.1 Å². The maximum atomic E-state index is 13.8. The van der Waals surface area contributed by atoms with Crippen molar-refractivity contribution < 1.29 is 13.9 Å². The minimum Gasteiger partial charge on any atom is -0.378 e. The lowest BCUT2D eigenvalue weighted by molar-refractivity contribution is 0.0954. The van der Waals surface area contributed by atoms with Crippen molar-refractivity contribution in [2.45, 2.75) is 6.54 Å². The molecular weight excluding hydrogens is 375 g/mol. The fraction of sp³-hybridized carbons (Fsp3) is 0.227. The van der Waals surface area contributed by atoms with E-state index in [0.29, 0.717) is 23.7 Å². The Kier molecular flexibility index (Phi) is 5.69. The number of nitrogens with zero attached hydrogens (tertiary/aromatic N) is 1. The molecule has 0 saturated carbocycles. The average molecular weight is 396 g/mol. The van der Waals surface area contributed by atoms with E-state index < -0.39 is 0 Å². The van der Waals surface area contributed by atoms with Crippen molar-refractivity contribution in [3.63, 3.8) is 0 Å². The molecule has 0 aliphatic carbocycles. The molecule has 1 saturated heterocycles. The number of anilines is 1. The molecule has 1 aromatic heterocycles. The van der Waals surface area contributed by atoms with Crippen molar-refractivity contribution in [1.29, 1.82) is 0 Å². The summed E-state index contributed by atoms with van der Waals surface area (Å²) in [6.07, 6.45) is 0. The molecule has 0 atom stereocenters.